The Balaban J connectivity index is 2.00. The minimum atomic E-state index is 0.278. The van der Waals surface area contributed by atoms with Crippen molar-refractivity contribution in [3.63, 3.8) is 0 Å². The van der Waals surface area contributed by atoms with E-state index >= 15 is 0 Å². The van der Waals surface area contributed by atoms with E-state index in [2.05, 4.69) is 25.6 Å². The predicted molar refractivity (Wildman–Crippen MR) is 76.4 cm³/mol. The maximum Gasteiger partial charge on any atom is 0.238 e. The van der Waals surface area contributed by atoms with Crippen molar-refractivity contribution in [3.05, 3.63) is 18.0 Å². The molecule has 1 fully saturated rings. The molecule has 0 saturated heterocycles. The van der Waals surface area contributed by atoms with E-state index in [-0.39, 0.29) is 5.95 Å². The highest BCUT2D eigenvalue weighted by molar-refractivity contribution is 5.69. The van der Waals surface area contributed by atoms with Crippen LogP contribution in [0, 0.1) is 0 Å². The van der Waals surface area contributed by atoms with Gasteiger partial charge in [0, 0.05) is 18.5 Å². The lowest BCUT2D eigenvalue weighted by Gasteiger charge is -2.11. The zero-order chi connectivity index (χ0) is 14.4. The number of anilines is 1. The molecule has 0 unspecified atom stereocenters. The molecule has 0 bridgehead atoms. The minimum absolute atomic E-state index is 0.278. The number of rotatable bonds is 2. The molecular formula is C13H16N8. The Morgan fingerprint density at radius 2 is 2.10 bits per heavy atom. The van der Waals surface area contributed by atoms with Crippen molar-refractivity contribution in [1.82, 2.24) is 34.8 Å². The van der Waals surface area contributed by atoms with Gasteiger partial charge in [-0.15, -0.1) is 10.2 Å². The maximum atomic E-state index is 5.76. The van der Waals surface area contributed by atoms with Crippen LogP contribution in [0.1, 0.15) is 37.3 Å². The van der Waals surface area contributed by atoms with Crippen molar-refractivity contribution in [3.8, 4) is 11.4 Å². The lowest BCUT2D eigenvalue weighted by atomic mass is 10.00. The molecule has 0 atom stereocenters. The quantitative estimate of drug-likeness (QED) is 0.758. The molecule has 1 saturated carbocycles. The van der Waals surface area contributed by atoms with E-state index < -0.39 is 0 Å². The Hall–Kier alpha value is -2.51. The monoisotopic (exact) mass is 284 g/mol. The Labute approximate surface area is 121 Å². The lowest BCUT2D eigenvalue weighted by Crippen LogP contribution is -2.07. The zero-order valence-corrected chi connectivity index (χ0v) is 11.8. The second kappa shape index (κ2) is 4.51. The molecule has 0 radical (unpaired) electrons. The molecule has 0 spiro atoms. The van der Waals surface area contributed by atoms with Crippen LogP contribution >= 0.6 is 0 Å². The number of tetrazole rings is 1. The Bertz CT molecular complexity index is 796. The average Bonchev–Trinajstić information content (AvgIpc) is 3.16. The van der Waals surface area contributed by atoms with Gasteiger partial charge in [-0.3, -0.25) is 0 Å². The summed E-state index contributed by atoms with van der Waals surface area (Å²) >= 11 is 0. The highest BCUT2D eigenvalue weighted by atomic mass is 15.5. The van der Waals surface area contributed by atoms with Gasteiger partial charge in [0.05, 0.1) is 17.4 Å². The summed E-state index contributed by atoms with van der Waals surface area (Å²) in [6.07, 6.45) is 6.56. The van der Waals surface area contributed by atoms with Crippen LogP contribution in [-0.4, -0.2) is 34.8 Å². The maximum absolute atomic E-state index is 5.76. The van der Waals surface area contributed by atoms with Crippen molar-refractivity contribution < 1.29 is 0 Å². The highest BCUT2D eigenvalue weighted by Gasteiger charge is 2.27. The highest BCUT2D eigenvalue weighted by Crippen LogP contribution is 2.39. The molecule has 0 amide bonds. The van der Waals surface area contributed by atoms with E-state index in [1.807, 2.05) is 17.6 Å². The average molecular weight is 284 g/mol. The molecule has 0 aromatic carbocycles. The van der Waals surface area contributed by atoms with Gasteiger partial charge in [-0.2, -0.15) is 0 Å². The molecule has 0 aliphatic heterocycles. The number of aryl methyl sites for hydroxylation is 1. The first-order valence-electron chi connectivity index (χ1n) is 7.11. The molecule has 1 aliphatic carbocycles. The van der Waals surface area contributed by atoms with Crippen molar-refractivity contribution in [2.75, 3.05) is 5.73 Å². The fourth-order valence-corrected chi connectivity index (χ4v) is 3.23. The third-order valence-electron chi connectivity index (χ3n) is 4.18. The smallest absolute Gasteiger partial charge is 0.238 e. The van der Waals surface area contributed by atoms with Crippen LogP contribution in [0.5, 0.6) is 0 Å². The van der Waals surface area contributed by atoms with Crippen LogP contribution < -0.4 is 5.73 Å². The lowest BCUT2D eigenvalue weighted by molar-refractivity contribution is 0.665. The standard InChI is InChI=1S/C13H16N8/c1-20-12(16-18-19-20)10-6-9-7-15-13(14)17-21(9)11(10)8-4-2-3-5-8/h6-8H,2-5H2,1H3,(H2,14,17). The fraction of sp³-hybridized carbons (Fsp3) is 0.462. The SMILES string of the molecule is Cn1nnnc1-c1cc2cnc(N)nn2c1C1CCCC1. The van der Waals surface area contributed by atoms with Crippen molar-refractivity contribution in [2.24, 2.45) is 7.05 Å². The van der Waals surface area contributed by atoms with Gasteiger partial charge in [0.25, 0.3) is 0 Å². The van der Waals surface area contributed by atoms with Gasteiger partial charge in [-0.25, -0.2) is 14.2 Å². The van der Waals surface area contributed by atoms with Crippen molar-refractivity contribution >= 4 is 11.5 Å². The van der Waals surface area contributed by atoms with Crippen LogP contribution in [-0.2, 0) is 7.05 Å². The first kappa shape index (κ1) is 12.2. The third-order valence-corrected chi connectivity index (χ3v) is 4.18. The summed E-state index contributed by atoms with van der Waals surface area (Å²) in [5, 5.41) is 16.2. The number of fused-ring (bicyclic) bond motifs is 1. The number of nitrogens with two attached hydrogens (primary N) is 1. The molecule has 2 N–H and O–H groups in total. The molecule has 4 rings (SSSR count). The molecular weight excluding hydrogens is 268 g/mol. The summed E-state index contributed by atoms with van der Waals surface area (Å²) in [5.74, 6) is 1.49. The molecule has 3 aromatic heterocycles. The summed E-state index contributed by atoms with van der Waals surface area (Å²) in [6.45, 7) is 0. The first-order valence-corrected chi connectivity index (χ1v) is 7.11. The number of hydrogen-bond donors (Lipinski definition) is 1. The van der Waals surface area contributed by atoms with Crippen LogP contribution in [0.3, 0.4) is 0 Å². The van der Waals surface area contributed by atoms with Crippen LogP contribution in [0.15, 0.2) is 12.3 Å². The van der Waals surface area contributed by atoms with E-state index in [0.717, 1.165) is 35.4 Å². The molecule has 8 nitrogen and oxygen atoms in total. The topological polar surface area (TPSA) is 99.8 Å². The molecule has 3 aromatic rings. The summed E-state index contributed by atoms with van der Waals surface area (Å²) < 4.78 is 3.59. The van der Waals surface area contributed by atoms with Gasteiger partial charge < -0.3 is 5.73 Å². The van der Waals surface area contributed by atoms with Crippen LogP contribution in [0.25, 0.3) is 16.9 Å². The van der Waals surface area contributed by atoms with E-state index in [1.165, 1.54) is 12.8 Å². The van der Waals surface area contributed by atoms with Crippen molar-refractivity contribution in [2.45, 2.75) is 31.6 Å². The van der Waals surface area contributed by atoms with E-state index in [4.69, 9.17) is 5.73 Å². The first-order chi connectivity index (χ1) is 10.2. The number of aromatic nitrogens is 7. The third kappa shape index (κ3) is 1.86. The van der Waals surface area contributed by atoms with Crippen LogP contribution in [0.4, 0.5) is 5.95 Å². The zero-order valence-electron chi connectivity index (χ0n) is 11.8. The number of hydrogen-bond acceptors (Lipinski definition) is 6. The minimum Gasteiger partial charge on any atom is -0.367 e. The van der Waals surface area contributed by atoms with Gasteiger partial charge >= 0.3 is 0 Å². The van der Waals surface area contributed by atoms with E-state index in [0.29, 0.717) is 5.92 Å². The normalized spacial score (nSPS) is 16.0. The van der Waals surface area contributed by atoms with Crippen LogP contribution in [0.2, 0.25) is 0 Å². The molecule has 1 aliphatic rings. The van der Waals surface area contributed by atoms with Gasteiger partial charge in [-0.05, 0) is 29.3 Å². The number of nitrogen functional groups attached to an aromatic ring is 1. The summed E-state index contributed by atoms with van der Waals surface area (Å²) in [6, 6.07) is 2.04. The largest absolute Gasteiger partial charge is 0.367 e. The molecule has 3 heterocycles. The molecule has 21 heavy (non-hydrogen) atoms. The number of nitrogens with zero attached hydrogens (tertiary/aromatic N) is 7. The Morgan fingerprint density at radius 3 is 2.81 bits per heavy atom. The predicted octanol–water partition coefficient (Wildman–Crippen LogP) is 1.16. The fourth-order valence-electron chi connectivity index (χ4n) is 3.23. The van der Waals surface area contributed by atoms with E-state index in [9.17, 15) is 0 Å². The van der Waals surface area contributed by atoms with Gasteiger partial charge in [-0.1, -0.05) is 12.8 Å². The summed E-state index contributed by atoms with van der Waals surface area (Å²) in [4.78, 5) is 4.08. The van der Waals surface area contributed by atoms with E-state index in [1.54, 1.807) is 10.9 Å². The van der Waals surface area contributed by atoms with Gasteiger partial charge in [0.15, 0.2) is 5.82 Å². The van der Waals surface area contributed by atoms with Gasteiger partial charge in [0.1, 0.15) is 0 Å². The second-order valence-electron chi connectivity index (χ2n) is 5.50. The molecule has 8 heteroatoms. The summed E-state index contributed by atoms with van der Waals surface area (Å²) in [5.41, 5.74) is 8.85. The second-order valence-corrected chi connectivity index (χ2v) is 5.50. The van der Waals surface area contributed by atoms with Gasteiger partial charge in [0.2, 0.25) is 5.95 Å². The Kier molecular flexibility index (Phi) is 2.63. The Morgan fingerprint density at radius 1 is 1.29 bits per heavy atom. The van der Waals surface area contributed by atoms with Crippen molar-refractivity contribution in [1.29, 1.82) is 0 Å². The summed E-state index contributed by atoms with van der Waals surface area (Å²) in [7, 11) is 1.84. The molecule has 108 valence electrons.